The van der Waals surface area contributed by atoms with Gasteiger partial charge in [0.25, 0.3) is 0 Å². The highest BCUT2D eigenvalue weighted by molar-refractivity contribution is 5.83. The van der Waals surface area contributed by atoms with Crippen LogP contribution >= 0.6 is 0 Å². The summed E-state index contributed by atoms with van der Waals surface area (Å²) in [7, 11) is 1.33. The van der Waals surface area contributed by atoms with Gasteiger partial charge in [0.15, 0.2) is 0 Å². The Morgan fingerprint density at radius 2 is 2.04 bits per heavy atom. The van der Waals surface area contributed by atoms with E-state index in [0.717, 1.165) is 12.1 Å². The molecule has 23 heavy (non-hydrogen) atoms. The molecule has 0 aromatic heterocycles. The minimum absolute atomic E-state index is 0.106. The summed E-state index contributed by atoms with van der Waals surface area (Å²) in [6.07, 6.45) is 1.12. The third-order valence-electron chi connectivity index (χ3n) is 4.50. The van der Waals surface area contributed by atoms with E-state index in [4.69, 9.17) is 0 Å². The molecule has 1 amide bonds. The Morgan fingerprint density at radius 3 is 2.70 bits per heavy atom. The predicted octanol–water partition coefficient (Wildman–Crippen LogP) is 1.72. The molecule has 3 rings (SSSR count). The van der Waals surface area contributed by atoms with Crippen molar-refractivity contribution in [3.05, 3.63) is 47.5 Å². The van der Waals surface area contributed by atoms with E-state index in [-0.39, 0.29) is 12.1 Å². The molecule has 2 aliphatic rings. The van der Waals surface area contributed by atoms with E-state index in [9.17, 15) is 14.7 Å². The topological polar surface area (TPSA) is 70.1 Å². The zero-order valence-corrected chi connectivity index (χ0v) is 13.0. The zero-order valence-electron chi connectivity index (χ0n) is 13.0. The number of amides is 1. The predicted molar refractivity (Wildman–Crippen MR) is 83.9 cm³/mol. The number of hydrogen-bond donors (Lipinski definition) is 1. The molecule has 1 aromatic rings. The Kier molecular flexibility index (Phi) is 4.34. The molecule has 6 nitrogen and oxygen atoms in total. The summed E-state index contributed by atoms with van der Waals surface area (Å²) < 4.78 is 4.68. The standard InChI is InChI=1S/C17H20N2O4/c1-23-16(20)8-13-7-14-10-18(9-12-5-3-2-4-6-12)11-15(13)19(14)17(21)22/h2-6,8,14-15H,7,9-11H2,1H3,(H,21,22)/t14-,15-/m1/s1. The Labute approximate surface area is 134 Å². The number of hydrogen-bond acceptors (Lipinski definition) is 4. The Balaban J connectivity index is 1.79. The fourth-order valence-electron chi connectivity index (χ4n) is 3.54. The molecule has 1 aromatic carbocycles. The minimum atomic E-state index is -0.923. The molecule has 0 saturated carbocycles. The maximum absolute atomic E-state index is 11.5. The van der Waals surface area contributed by atoms with Gasteiger partial charge in [0.2, 0.25) is 0 Å². The van der Waals surface area contributed by atoms with Gasteiger partial charge in [0.05, 0.1) is 19.2 Å². The van der Waals surface area contributed by atoms with E-state index in [1.807, 2.05) is 18.2 Å². The first-order valence-electron chi connectivity index (χ1n) is 7.64. The van der Waals surface area contributed by atoms with Crippen LogP contribution in [0, 0.1) is 0 Å². The van der Waals surface area contributed by atoms with Crippen LogP contribution < -0.4 is 0 Å². The van der Waals surface area contributed by atoms with Gasteiger partial charge in [-0.15, -0.1) is 0 Å². The second-order valence-electron chi connectivity index (χ2n) is 5.99. The lowest BCUT2D eigenvalue weighted by Crippen LogP contribution is -2.55. The van der Waals surface area contributed by atoms with Gasteiger partial charge in [0, 0.05) is 25.7 Å². The second kappa shape index (κ2) is 6.42. The fraction of sp³-hybridized carbons (Fsp3) is 0.412. The van der Waals surface area contributed by atoms with Gasteiger partial charge in [-0.1, -0.05) is 30.3 Å². The van der Waals surface area contributed by atoms with Crippen LogP contribution in [0.3, 0.4) is 0 Å². The Morgan fingerprint density at radius 1 is 1.30 bits per heavy atom. The van der Waals surface area contributed by atoms with Crippen molar-refractivity contribution in [2.24, 2.45) is 0 Å². The number of piperazine rings is 1. The van der Waals surface area contributed by atoms with Gasteiger partial charge >= 0.3 is 12.1 Å². The van der Waals surface area contributed by atoms with Crippen LogP contribution in [0.25, 0.3) is 0 Å². The van der Waals surface area contributed by atoms with Gasteiger partial charge in [-0.05, 0) is 17.6 Å². The van der Waals surface area contributed by atoms with Crippen LogP contribution in [0.2, 0.25) is 0 Å². The molecule has 2 atom stereocenters. The Hall–Kier alpha value is -2.34. The normalized spacial score (nSPS) is 25.6. The quantitative estimate of drug-likeness (QED) is 0.679. The number of fused-ring (bicyclic) bond motifs is 2. The smallest absolute Gasteiger partial charge is 0.408 e. The fourth-order valence-corrected chi connectivity index (χ4v) is 3.54. The van der Waals surface area contributed by atoms with Gasteiger partial charge in [-0.3, -0.25) is 9.80 Å². The molecule has 2 bridgehead atoms. The van der Waals surface area contributed by atoms with Crippen molar-refractivity contribution in [1.82, 2.24) is 9.80 Å². The third kappa shape index (κ3) is 3.22. The van der Waals surface area contributed by atoms with Crippen LogP contribution in [0.4, 0.5) is 4.79 Å². The van der Waals surface area contributed by atoms with Crippen molar-refractivity contribution in [3.63, 3.8) is 0 Å². The summed E-state index contributed by atoms with van der Waals surface area (Å²) in [5, 5.41) is 9.47. The number of esters is 1. The molecular weight excluding hydrogens is 296 g/mol. The molecule has 0 radical (unpaired) electrons. The number of methoxy groups -OCH3 is 1. The van der Waals surface area contributed by atoms with Gasteiger partial charge in [-0.2, -0.15) is 0 Å². The van der Waals surface area contributed by atoms with Crippen LogP contribution in [0.15, 0.2) is 42.0 Å². The SMILES string of the molecule is COC(=O)C=C1C[C@@H]2CN(Cc3ccccc3)C[C@H]1N2C(=O)O. The first kappa shape index (κ1) is 15.6. The summed E-state index contributed by atoms with van der Waals surface area (Å²) >= 11 is 0. The summed E-state index contributed by atoms with van der Waals surface area (Å²) in [5.74, 6) is -0.424. The number of carboxylic acid groups (broad SMARTS) is 1. The summed E-state index contributed by atoms with van der Waals surface area (Å²) in [6, 6.07) is 9.74. The van der Waals surface area contributed by atoms with E-state index in [0.29, 0.717) is 19.5 Å². The lowest BCUT2D eigenvalue weighted by atomic mass is 10.1. The average Bonchev–Trinajstić information content (AvgIpc) is 2.76. The van der Waals surface area contributed by atoms with Crippen molar-refractivity contribution < 1.29 is 19.4 Å². The maximum atomic E-state index is 11.5. The van der Waals surface area contributed by atoms with Crippen molar-refractivity contribution in [2.45, 2.75) is 25.0 Å². The van der Waals surface area contributed by atoms with Gasteiger partial charge < -0.3 is 9.84 Å². The third-order valence-corrected chi connectivity index (χ3v) is 4.50. The molecule has 0 aliphatic carbocycles. The van der Waals surface area contributed by atoms with Gasteiger partial charge in [-0.25, -0.2) is 9.59 Å². The number of carbonyl (C=O) groups excluding carboxylic acids is 1. The number of carbonyl (C=O) groups is 2. The van der Waals surface area contributed by atoms with E-state index in [1.165, 1.54) is 23.6 Å². The first-order valence-corrected chi connectivity index (χ1v) is 7.64. The molecule has 1 N–H and O–H groups in total. The highest BCUT2D eigenvalue weighted by Crippen LogP contribution is 2.35. The van der Waals surface area contributed by atoms with Crippen LogP contribution in [0.5, 0.6) is 0 Å². The number of benzene rings is 1. The van der Waals surface area contributed by atoms with Crippen LogP contribution in [0.1, 0.15) is 12.0 Å². The van der Waals surface area contributed by atoms with Crippen LogP contribution in [-0.4, -0.2) is 59.3 Å². The van der Waals surface area contributed by atoms with Crippen molar-refractivity contribution in [1.29, 1.82) is 0 Å². The van der Waals surface area contributed by atoms with E-state index >= 15 is 0 Å². The Bertz CT molecular complexity index is 629. The maximum Gasteiger partial charge on any atom is 0.408 e. The number of likely N-dealkylation sites (tertiary alicyclic amines) is 1. The van der Waals surface area contributed by atoms with E-state index in [2.05, 4.69) is 21.8 Å². The molecule has 0 unspecified atom stereocenters. The molecule has 6 heteroatoms. The molecule has 2 aliphatic heterocycles. The molecule has 0 spiro atoms. The van der Waals surface area contributed by atoms with E-state index < -0.39 is 12.1 Å². The number of ether oxygens (including phenoxy) is 1. The molecule has 2 saturated heterocycles. The molecule has 2 fully saturated rings. The molecular formula is C17H20N2O4. The summed E-state index contributed by atoms with van der Waals surface area (Å²) in [5.41, 5.74) is 2.05. The largest absolute Gasteiger partial charge is 0.466 e. The summed E-state index contributed by atoms with van der Waals surface area (Å²) in [4.78, 5) is 26.8. The highest BCUT2D eigenvalue weighted by Gasteiger charge is 2.45. The zero-order chi connectivity index (χ0) is 16.4. The minimum Gasteiger partial charge on any atom is -0.466 e. The lowest BCUT2D eigenvalue weighted by molar-refractivity contribution is -0.134. The number of rotatable bonds is 3. The van der Waals surface area contributed by atoms with Gasteiger partial charge in [0.1, 0.15) is 0 Å². The molecule has 2 heterocycles. The number of nitrogens with zero attached hydrogens (tertiary/aromatic N) is 2. The van der Waals surface area contributed by atoms with Crippen molar-refractivity contribution in [3.8, 4) is 0 Å². The molecule has 122 valence electrons. The highest BCUT2D eigenvalue weighted by atomic mass is 16.5. The monoisotopic (exact) mass is 316 g/mol. The first-order chi connectivity index (χ1) is 11.1. The summed E-state index contributed by atoms with van der Waals surface area (Å²) in [6.45, 7) is 2.06. The van der Waals surface area contributed by atoms with Crippen molar-refractivity contribution in [2.75, 3.05) is 20.2 Å². The van der Waals surface area contributed by atoms with E-state index in [1.54, 1.807) is 0 Å². The van der Waals surface area contributed by atoms with Crippen LogP contribution in [-0.2, 0) is 16.1 Å². The lowest BCUT2D eigenvalue weighted by Gasteiger charge is -2.39. The second-order valence-corrected chi connectivity index (χ2v) is 5.99. The van der Waals surface area contributed by atoms with Crippen molar-refractivity contribution >= 4 is 12.1 Å². The average molecular weight is 316 g/mol.